The van der Waals surface area contributed by atoms with Crippen LogP contribution in [0.3, 0.4) is 0 Å². The molecular weight excluding hydrogens is 294 g/mol. The second-order valence-electron chi connectivity index (χ2n) is 5.28. The number of benzene rings is 1. The Kier molecular flexibility index (Phi) is 4.23. The van der Waals surface area contributed by atoms with Gasteiger partial charge in [-0.2, -0.15) is 0 Å². The second kappa shape index (κ2) is 6.48. The third kappa shape index (κ3) is 3.31. The van der Waals surface area contributed by atoms with Gasteiger partial charge in [0.05, 0.1) is 5.69 Å². The minimum Gasteiger partial charge on any atom is -0.479 e. The lowest BCUT2D eigenvalue weighted by molar-refractivity contribution is -0.128. The van der Waals surface area contributed by atoms with E-state index in [0.29, 0.717) is 18.0 Å². The molecule has 0 saturated carbocycles. The summed E-state index contributed by atoms with van der Waals surface area (Å²) in [5.41, 5.74) is 1.57. The summed E-state index contributed by atoms with van der Waals surface area (Å²) in [5.74, 6) is 0.170. The number of hydrogen-bond donors (Lipinski definition) is 1. The number of carbonyl (C=O) groups is 2. The Labute approximate surface area is 134 Å². The third-order valence-electron chi connectivity index (χ3n) is 3.61. The summed E-state index contributed by atoms with van der Waals surface area (Å²) < 4.78 is 5.56. The Morgan fingerprint density at radius 3 is 2.78 bits per heavy atom. The minimum absolute atomic E-state index is 0.0331. The maximum Gasteiger partial charge on any atom is 0.268 e. The first kappa shape index (κ1) is 15.0. The Morgan fingerprint density at radius 2 is 2.00 bits per heavy atom. The maximum absolute atomic E-state index is 12.3. The summed E-state index contributed by atoms with van der Waals surface area (Å²) in [6.45, 7) is 2.05. The molecule has 6 nitrogen and oxygen atoms in total. The molecule has 1 aromatic carbocycles. The fourth-order valence-electron chi connectivity index (χ4n) is 2.42. The van der Waals surface area contributed by atoms with Crippen LogP contribution < -0.4 is 15.0 Å². The molecule has 118 valence electrons. The van der Waals surface area contributed by atoms with E-state index in [-0.39, 0.29) is 18.4 Å². The molecule has 1 atom stereocenters. The standard InChI is InChI=1S/C17H17N3O3/c1-12-17(22)20(14-4-2-3-5-15(14)23-12)11-16(21)19-10-13-6-8-18-9-7-13/h2-9,12H,10-11H2,1H3,(H,19,21)/t12-/m1/s1. The van der Waals surface area contributed by atoms with Crippen LogP contribution in [0.4, 0.5) is 5.69 Å². The molecule has 2 aromatic rings. The topological polar surface area (TPSA) is 71.5 Å². The number of pyridine rings is 1. The van der Waals surface area contributed by atoms with Gasteiger partial charge in [-0.15, -0.1) is 0 Å². The van der Waals surface area contributed by atoms with E-state index < -0.39 is 6.10 Å². The van der Waals surface area contributed by atoms with Gasteiger partial charge < -0.3 is 10.1 Å². The molecule has 0 spiro atoms. The smallest absolute Gasteiger partial charge is 0.268 e. The minimum atomic E-state index is -0.599. The van der Waals surface area contributed by atoms with Crippen LogP contribution in [0, 0.1) is 0 Å². The fourth-order valence-corrected chi connectivity index (χ4v) is 2.42. The van der Waals surface area contributed by atoms with Crippen molar-refractivity contribution in [2.75, 3.05) is 11.4 Å². The molecule has 0 aliphatic carbocycles. The van der Waals surface area contributed by atoms with Gasteiger partial charge in [-0.05, 0) is 36.8 Å². The largest absolute Gasteiger partial charge is 0.479 e. The molecule has 23 heavy (non-hydrogen) atoms. The van der Waals surface area contributed by atoms with E-state index in [0.717, 1.165) is 5.56 Å². The number of ether oxygens (including phenoxy) is 1. The number of anilines is 1. The highest BCUT2D eigenvalue weighted by molar-refractivity contribution is 6.03. The molecule has 1 aliphatic heterocycles. The second-order valence-corrected chi connectivity index (χ2v) is 5.28. The van der Waals surface area contributed by atoms with Crippen molar-refractivity contribution in [1.82, 2.24) is 10.3 Å². The van der Waals surface area contributed by atoms with E-state index >= 15 is 0 Å². The number of hydrogen-bond acceptors (Lipinski definition) is 4. The summed E-state index contributed by atoms with van der Waals surface area (Å²) in [6, 6.07) is 10.9. The van der Waals surface area contributed by atoms with Crippen LogP contribution in [0.15, 0.2) is 48.8 Å². The quantitative estimate of drug-likeness (QED) is 0.929. The predicted octanol–water partition coefficient (Wildman–Crippen LogP) is 1.51. The van der Waals surface area contributed by atoms with Crippen LogP contribution >= 0.6 is 0 Å². The van der Waals surface area contributed by atoms with Crippen LogP contribution in [0.25, 0.3) is 0 Å². The Morgan fingerprint density at radius 1 is 1.26 bits per heavy atom. The average Bonchev–Trinajstić information content (AvgIpc) is 2.58. The van der Waals surface area contributed by atoms with E-state index in [1.165, 1.54) is 4.90 Å². The van der Waals surface area contributed by atoms with Crippen LogP contribution in [0.2, 0.25) is 0 Å². The van der Waals surface area contributed by atoms with Crippen molar-refractivity contribution < 1.29 is 14.3 Å². The summed E-state index contributed by atoms with van der Waals surface area (Å²) in [7, 11) is 0. The predicted molar refractivity (Wildman–Crippen MR) is 85.0 cm³/mol. The van der Waals surface area contributed by atoms with Crippen molar-refractivity contribution in [3.05, 3.63) is 54.4 Å². The lowest BCUT2D eigenvalue weighted by Gasteiger charge is -2.32. The van der Waals surface area contributed by atoms with Gasteiger partial charge in [-0.3, -0.25) is 19.5 Å². The van der Waals surface area contributed by atoms with Gasteiger partial charge in [-0.1, -0.05) is 12.1 Å². The fraction of sp³-hybridized carbons (Fsp3) is 0.235. The van der Waals surface area contributed by atoms with Gasteiger partial charge in [0.2, 0.25) is 5.91 Å². The van der Waals surface area contributed by atoms with Gasteiger partial charge >= 0.3 is 0 Å². The van der Waals surface area contributed by atoms with Crippen LogP contribution in [0.1, 0.15) is 12.5 Å². The van der Waals surface area contributed by atoms with Crippen molar-refractivity contribution in [2.24, 2.45) is 0 Å². The first-order valence-corrected chi connectivity index (χ1v) is 7.38. The molecule has 0 radical (unpaired) electrons. The van der Waals surface area contributed by atoms with Crippen molar-refractivity contribution in [3.63, 3.8) is 0 Å². The van der Waals surface area contributed by atoms with Crippen LogP contribution in [-0.2, 0) is 16.1 Å². The molecule has 3 rings (SSSR count). The highest BCUT2D eigenvalue weighted by Crippen LogP contribution is 2.33. The lowest BCUT2D eigenvalue weighted by Crippen LogP contribution is -2.48. The molecule has 1 aliphatic rings. The first-order chi connectivity index (χ1) is 11.1. The number of rotatable bonds is 4. The third-order valence-corrected chi connectivity index (χ3v) is 3.61. The number of fused-ring (bicyclic) bond motifs is 1. The molecule has 0 saturated heterocycles. The number of para-hydroxylation sites is 2. The highest BCUT2D eigenvalue weighted by Gasteiger charge is 2.32. The van der Waals surface area contributed by atoms with Gasteiger partial charge in [0.25, 0.3) is 5.91 Å². The van der Waals surface area contributed by atoms with Crippen LogP contribution in [0.5, 0.6) is 5.75 Å². The molecule has 0 bridgehead atoms. The van der Waals surface area contributed by atoms with Gasteiger partial charge in [-0.25, -0.2) is 0 Å². The summed E-state index contributed by atoms with van der Waals surface area (Å²) in [5, 5.41) is 2.81. The zero-order chi connectivity index (χ0) is 16.2. The highest BCUT2D eigenvalue weighted by atomic mass is 16.5. The monoisotopic (exact) mass is 311 g/mol. The summed E-state index contributed by atoms with van der Waals surface area (Å²) in [6.07, 6.45) is 2.74. The van der Waals surface area contributed by atoms with E-state index in [1.54, 1.807) is 31.5 Å². The van der Waals surface area contributed by atoms with Gasteiger partial charge in [0.1, 0.15) is 12.3 Å². The molecule has 1 aromatic heterocycles. The number of nitrogens with one attached hydrogen (secondary N) is 1. The normalized spacial score (nSPS) is 16.5. The summed E-state index contributed by atoms with van der Waals surface area (Å²) in [4.78, 5) is 29.9. The zero-order valence-corrected chi connectivity index (χ0v) is 12.7. The molecule has 6 heteroatoms. The number of amides is 2. The van der Waals surface area contributed by atoms with E-state index in [1.807, 2.05) is 24.3 Å². The molecule has 0 unspecified atom stereocenters. The molecule has 1 N–H and O–H groups in total. The number of nitrogens with zero attached hydrogens (tertiary/aromatic N) is 2. The number of aromatic nitrogens is 1. The summed E-state index contributed by atoms with van der Waals surface area (Å²) >= 11 is 0. The Balaban J connectivity index is 1.69. The van der Waals surface area contributed by atoms with Crippen LogP contribution in [-0.4, -0.2) is 29.4 Å². The van der Waals surface area contributed by atoms with Crippen molar-refractivity contribution in [3.8, 4) is 5.75 Å². The molecule has 2 heterocycles. The van der Waals surface area contributed by atoms with Gasteiger partial charge in [0, 0.05) is 18.9 Å². The van der Waals surface area contributed by atoms with Crippen molar-refractivity contribution >= 4 is 17.5 Å². The molecule has 2 amide bonds. The Hall–Kier alpha value is -2.89. The van der Waals surface area contributed by atoms with E-state index in [2.05, 4.69) is 10.3 Å². The molecule has 0 fully saturated rings. The first-order valence-electron chi connectivity index (χ1n) is 7.38. The van der Waals surface area contributed by atoms with Crippen molar-refractivity contribution in [2.45, 2.75) is 19.6 Å². The maximum atomic E-state index is 12.3. The lowest BCUT2D eigenvalue weighted by atomic mass is 10.2. The number of carbonyl (C=O) groups excluding carboxylic acids is 2. The Bertz CT molecular complexity index is 718. The average molecular weight is 311 g/mol. The van der Waals surface area contributed by atoms with E-state index in [9.17, 15) is 9.59 Å². The zero-order valence-electron chi connectivity index (χ0n) is 12.7. The van der Waals surface area contributed by atoms with Crippen molar-refractivity contribution in [1.29, 1.82) is 0 Å². The van der Waals surface area contributed by atoms with E-state index in [4.69, 9.17) is 4.74 Å². The molecular formula is C17H17N3O3. The van der Waals surface area contributed by atoms with Gasteiger partial charge in [0.15, 0.2) is 6.10 Å². The SMILES string of the molecule is C[C@H]1Oc2ccccc2N(CC(=O)NCc2ccncc2)C1=O.